The second-order valence-electron chi connectivity index (χ2n) is 26.0. The zero-order valence-electron chi connectivity index (χ0n) is 46.7. The Morgan fingerprint density at radius 2 is 1.50 bits per heavy atom. The summed E-state index contributed by atoms with van der Waals surface area (Å²) in [4.78, 5) is 65.7. The number of pyridine rings is 1. The molecule has 3 N–H and O–H groups in total. The SMILES string of the molecule is Cc1c(-c2ccc(N3CCc4cccc(C(=O)Nc5nc6ccccc6s5)c4C3)nc2C(=O)OC(C)(C)C)cnn1CC12CC3(C)CC(C)(C1)CC(OCCNC[C@H](CC(=O)OC(C)(C)C)NC(=O)OC(C)(C)C)(C3)C2. The zero-order valence-corrected chi connectivity index (χ0v) is 47.5. The molecule has 4 aliphatic carbocycles. The number of nitrogens with zero attached hydrogens (tertiary/aromatic N) is 5. The molecule has 5 aromatic rings. The van der Waals surface area contributed by atoms with E-state index >= 15 is 0 Å². The number of carbonyl (C=O) groups excluding carboxylic acids is 4. The van der Waals surface area contributed by atoms with Crippen LogP contribution in [-0.2, 0) is 43.3 Å². The van der Waals surface area contributed by atoms with Gasteiger partial charge >= 0.3 is 18.0 Å². The van der Waals surface area contributed by atoms with Gasteiger partial charge in [0.25, 0.3) is 5.91 Å². The Labute approximate surface area is 451 Å². The highest BCUT2D eigenvalue weighted by Crippen LogP contribution is 2.72. The van der Waals surface area contributed by atoms with Gasteiger partial charge in [0.1, 0.15) is 22.6 Å². The van der Waals surface area contributed by atoms with Crippen LogP contribution in [0.15, 0.2) is 60.8 Å². The Morgan fingerprint density at radius 3 is 2.20 bits per heavy atom. The first kappa shape index (κ1) is 54.9. The number of amides is 2. The number of hydrogen-bond donors (Lipinski definition) is 3. The smallest absolute Gasteiger partial charge is 0.407 e. The highest BCUT2D eigenvalue weighted by Gasteiger charge is 2.66. The molecule has 408 valence electrons. The number of hydrogen-bond acceptors (Lipinski definition) is 14. The Bertz CT molecular complexity index is 2930. The Morgan fingerprint density at radius 1 is 0.789 bits per heavy atom. The molecular weight excluding hydrogens is 981 g/mol. The molecule has 2 aromatic carbocycles. The van der Waals surface area contributed by atoms with Gasteiger partial charge in [0.2, 0.25) is 0 Å². The molecule has 3 atom stereocenters. The molecule has 4 bridgehead atoms. The van der Waals surface area contributed by atoms with E-state index < -0.39 is 40.9 Å². The van der Waals surface area contributed by atoms with E-state index in [1.54, 1.807) is 20.8 Å². The van der Waals surface area contributed by atoms with E-state index in [-0.39, 0.29) is 39.9 Å². The van der Waals surface area contributed by atoms with E-state index in [4.69, 9.17) is 29.0 Å². The molecule has 1 aliphatic heterocycles. The number of benzene rings is 2. The molecule has 16 nitrogen and oxygen atoms in total. The van der Waals surface area contributed by atoms with Gasteiger partial charge in [0.05, 0.1) is 41.1 Å². The monoisotopic (exact) mass is 1060 g/mol. The summed E-state index contributed by atoms with van der Waals surface area (Å²) in [6, 6.07) is 17.1. The van der Waals surface area contributed by atoms with Crippen LogP contribution in [0.5, 0.6) is 0 Å². The average molecular weight is 1060 g/mol. The van der Waals surface area contributed by atoms with Gasteiger partial charge in [0, 0.05) is 55.1 Å². The number of ether oxygens (including phenoxy) is 4. The van der Waals surface area contributed by atoms with Crippen molar-refractivity contribution in [1.29, 1.82) is 0 Å². The van der Waals surface area contributed by atoms with Crippen LogP contribution in [0.4, 0.5) is 15.7 Å². The molecule has 3 aromatic heterocycles. The van der Waals surface area contributed by atoms with Crippen LogP contribution in [0.1, 0.15) is 159 Å². The first-order chi connectivity index (χ1) is 35.6. The third-order valence-electron chi connectivity index (χ3n) is 15.0. The molecule has 4 fully saturated rings. The molecule has 2 unspecified atom stereocenters. The lowest BCUT2D eigenvalue weighted by Crippen LogP contribution is -2.64. The largest absolute Gasteiger partial charge is 0.460 e. The molecule has 5 aliphatic rings. The van der Waals surface area contributed by atoms with Gasteiger partial charge < -0.3 is 34.5 Å². The van der Waals surface area contributed by atoms with E-state index in [0.29, 0.717) is 67.8 Å². The summed E-state index contributed by atoms with van der Waals surface area (Å²) in [5.41, 5.74) is 3.79. The lowest BCUT2D eigenvalue weighted by atomic mass is 9.39. The minimum absolute atomic E-state index is 0.00264. The maximum absolute atomic E-state index is 14.3. The van der Waals surface area contributed by atoms with Crippen LogP contribution >= 0.6 is 11.3 Å². The predicted octanol–water partition coefficient (Wildman–Crippen LogP) is 11.0. The number of rotatable bonds is 16. The van der Waals surface area contributed by atoms with Crippen LogP contribution in [-0.4, -0.2) is 98.4 Å². The van der Waals surface area contributed by atoms with Crippen LogP contribution in [0, 0.1) is 23.2 Å². The molecule has 2 amide bonds. The van der Waals surface area contributed by atoms with E-state index in [9.17, 15) is 19.2 Å². The fourth-order valence-electron chi connectivity index (χ4n) is 13.6. The quantitative estimate of drug-likeness (QED) is 0.0482. The lowest BCUT2D eigenvalue weighted by Gasteiger charge is -2.69. The van der Waals surface area contributed by atoms with Gasteiger partial charge in [-0.2, -0.15) is 5.10 Å². The average Bonchev–Trinajstić information content (AvgIpc) is 3.88. The minimum atomic E-state index is -0.761. The molecule has 10 rings (SSSR count). The van der Waals surface area contributed by atoms with Crippen molar-refractivity contribution in [2.24, 2.45) is 16.2 Å². The molecule has 0 saturated heterocycles. The predicted molar refractivity (Wildman–Crippen MR) is 296 cm³/mol. The zero-order chi connectivity index (χ0) is 54.6. The van der Waals surface area contributed by atoms with Gasteiger partial charge in [-0.25, -0.2) is 19.6 Å². The van der Waals surface area contributed by atoms with Gasteiger partial charge in [-0.15, -0.1) is 0 Å². The molecule has 4 heterocycles. The molecular formula is C59H78N8O8S. The third kappa shape index (κ3) is 12.7. The molecule has 17 heteroatoms. The van der Waals surface area contributed by atoms with Gasteiger partial charge in [-0.1, -0.05) is 49.4 Å². The summed E-state index contributed by atoms with van der Waals surface area (Å²) in [6.07, 6.45) is 8.14. The number of anilines is 2. The number of thiazole rings is 1. The van der Waals surface area contributed by atoms with Gasteiger partial charge in [-0.05, 0) is 172 Å². The molecule has 0 radical (unpaired) electrons. The Kier molecular flexibility index (Phi) is 14.8. The van der Waals surface area contributed by atoms with E-state index in [2.05, 4.69) is 57.4 Å². The van der Waals surface area contributed by atoms with Gasteiger partial charge in [-0.3, -0.25) is 19.6 Å². The topological polar surface area (TPSA) is 188 Å². The van der Waals surface area contributed by atoms with Crippen LogP contribution in [0.2, 0.25) is 0 Å². The second-order valence-corrected chi connectivity index (χ2v) is 27.0. The highest BCUT2D eigenvalue weighted by molar-refractivity contribution is 7.22. The summed E-state index contributed by atoms with van der Waals surface area (Å²) in [7, 11) is 0. The summed E-state index contributed by atoms with van der Waals surface area (Å²) in [5.74, 6) is -0.510. The van der Waals surface area contributed by atoms with Crippen molar-refractivity contribution in [2.75, 3.05) is 36.5 Å². The van der Waals surface area contributed by atoms with E-state index in [0.717, 1.165) is 71.1 Å². The first-order valence-corrected chi connectivity index (χ1v) is 27.7. The van der Waals surface area contributed by atoms with Crippen molar-refractivity contribution in [3.05, 3.63) is 88.9 Å². The first-order valence-electron chi connectivity index (χ1n) is 26.9. The van der Waals surface area contributed by atoms with E-state index in [1.807, 2.05) is 96.3 Å². The second kappa shape index (κ2) is 20.5. The van der Waals surface area contributed by atoms with Crippen LogP contribution in [0.25, 0.3) is 21.3 Å². The number of esters is 2. The molecule has 76 heavy (non-hydrogen) atoms. The summed E-state index contributed by atoms with van der Waals surface area (Å²) in [5, 5.41) is 15.0. The standard InChI is InChI=1S/C59H78N8O8S/c1-37-42(40-20-21-46(64-48(40)50(70)74-54(5,6)7)66-24-22-38-16-15-17-41(43(38)29-66)49(69)65-51-63-44-18-13-14-19-45(44)76-51)28-61-67(37)36-58-31-56(11)30-57(12,32-58)34-59(33-56,35-58)72-25-23-60-27-39(26-47(68)73-53(2,3)4)62-52(71)75-55(8,9)10/h13-21,28,39,60H,22-27,29-36H2,1-12H3,(H,62,71)(H,63,65,69)/t39-,56?,57?,58?,59?/m0/s1. The molecule has 0 spiro atoms. The van der Waals surface area contributed by atoms with Crippen molar-refractivity contribution in [1.82, 2.24) is 30.4 Å². The Hall–Kier alpha value is -5.91. The number of aromatic nitrogens is 4. The van der Waals surface area contributed by atoms with Crippen molar-refractivity contribution in [3.8, 4) is 11.1 Å². The fraction of sp³-hybridized carbons (Fsp3) is 0.576. The number of para-hydroxylation sites is 1. The Balaban J connectivity index is 0.908. The van der Waals surface area contributed by atoms with Crippen molar-refractivity contribution < 1.29 is 38.1 Å². The minimum Gasteiger partial charge on any atom is -0.460 e. The van der Waals surface area contributed by atoms with Crippen molar-refractivity contribution in [2.45, 2.75) is 176 Å². The van der Waals surface area contributed by atoms with E-state index in [1.165, 1.54) is 11.3 Å². The van der Waals surface area contributed by atoms with Gasteiger partial charge in [0.15, 0.2) is 10.8 Å². The van der Waals surface area contributed by atoms with Crippen LogP contribution < -0.4 is 20.9 Å². The van der Waals surface area contributed by atoms with Crippen molar-refractivity contribution in [3.63, 3.8) is 0 Å². The maximum Gasteiger partial charge on any atom is 0.407 e. The summed E-state index contributed by atoms with van der Waals surface area (Å²) >= 11 is 1.45. The normalized spacial score (nSPS) is 23.5. The van der Waals surface area contributed by atoms with Crippen molar-refractivity contribution >= 4 is 56.4 Å². The number of carbonyl (C=O) groups is 4. The molecule has 4 saturated carbocycles. The van der Waals surface area contributed by atoms with Crippen LogP contribution in [0.3, 0.4) is 0 Å². The summed E-state index contributed by atoms with van der Waals surface area (Å²) in [6.45, 7) is 26.5. The fourth-order valence-corrected chi connectivity index (χ4v) is 14.5. The summed E-state index contributed by atoms with van der Waals surface area (Å²) < 4.78 is 27.3. The number of fused-ring (bicyclic) bond motifs is 2. The number of alkyl carbamates (subject to hydrolysis) is 1. The highest BCUT2D eigenvalue weighted by atomic mass is 32.1. The lowest BCUT2D eigenvalue weighted by molar-refractivity contribution is -0.247. The number of nitrogens with one attached hydrogen (secondary N) is 3. The maximum atomic E-state index is 14.3. The third-order valence-corrected chi connectivity index (χ3v) is 15.9.